The molecule has 4 fully saturated rings. The van der Waals surface area contributed by atoms with Crippen molar-refractivity contribution in [2.75, 3.05) is 0 Å². The lowest BCUT2D eigenvalue weighted by Crippen LogP contribution is -2.61. The van der Waals surface area contributed by atoms with Gasteiger partial charge in [0.25, 0.3) is 5.91 Å². The first-order valence-electron chi connectivity index (χ1n) is 8.71. The van der Waals surface area contributed by atoms with Gasteiger partial charge in [-0.25, -0.2) is 4.79 Å². The zero-order valence-electron chi connectivity index (χ0n) is 13.7. The van der Waals surface area contributed by atoms with Crippen LogP contribution in [0.1, 0.15) is 55.1 Å². The summed E-state index contributed by atoms with van der Waals surface area (Å²) in [5.41, 5.74) is -0.0568. The molecule has 4 nitrogen and oxygen atoms in total. The molecule has 130 valence electrons. The molecule has 0 aliphatic heterocycles. The lowest BCUT2D eigenvalue weighted by molar-refractivity contribution is -0.134. The summed E-state index contributed by atoms with van der Waals surface area (Å²) in [7, 11) is 0. The first-order chi connectivity index (χ1) is 11.4. The van der Waals surface area contributed by atoms with Gasteiger partial charge in [-0.1, -0.05) is 11.6 Å². The summed E-state index contributed by atoms with van der Waals surface area (Å²) in [6.45, 7) is 1.64. The average Bonchev–Trinajstić information content (AvgIpc) is 2.92. The molecule has 6 heteroatoms. The van der Waals surface area contributed by atoms with Crippen molar-refractivity contribution in [3.8, 4) is 0 Å². The fraction of sp³-hybridized carbons (Fsp3) is 0.667. The maximum absolute atomic E-state index is 12.6. The quantitative estimate of drug-likeness (QED) is 0.817. The number of carbonyl (C=O) groups is 2. The first-order valence-corrected chi connectivity index (χ1v) is 9.90. The molecule has 1 atom stereocenters. The van der Waals surface area contributed by atoms with Crippen LogP contribution in [0.4, 0.5) is 0 Å². The highest BCUT2D eigenvalue weighted by Gasteiger charge is 2.51. The number of hydrogen-bond acceptors (Lipinski definition) is 4. The maximum atomic E-state index is 12.6. The van der Waals surface area contributed by atoms with Gasteiger partial charge in [-0.3, -0.25) is 4.79 Å². The van der Waals surface area contributed by atoms with Crippen molar-refractivity contribution in [3.05, 3.63) is 21.3 Å². The zero-order chi connectivity index (χ0) is 16.9. The molecule has 1 heterocycles. The number of thiophene rings is 1. The monoisotopic (exact) mass is 367 g/mol. The van der Waals surface area contributed by atoms with Crippen LogP contribution in [0.2, 0.25) is 4.34 Å². The molecule has 1 aromatic rings. The maximum Gasteiger partial charge on any atom is 0.349 e. The van der Waals surface area contributed by atoms with Crippen LogP contribution in [0, 0.1) is 17.8 Å². The number of esters is 1. The summed E-state index contributed by atoms with van der Waals surface area (Å²) < 4.78 is 5.86. The number of amides is 1. The van der Waals surface area contributed by atoms with E-state index in [4.69, 9.17) is 16.3 Å². The summed E-state index contributed by atoms with van der Waals surface area (Å²) in [6.07, 6.45) is 6.48. The molecule has 4 aliphatic carbocycles. The normalized spacial score (nSPS) is 34.8. The number of halogens is 1. The highest BCUT2D eigenvalue weighted by Crippen LogP contribution is 2.55. The molecule has 0 radical (unpaired) electrons. The zero-order valence-corrected chi connectivity index (χ0v) is 15.3. The Hall–Kier alpha value is -1.07. The van der Waals surface area contributed by atoms with E-state index in [1.165, 1.54) is 19.3 Å². The van der Waals surface area contributed by atoms with Crippen molar-refractivity contribution in [1.82, 2.24) is 5.32 Å². The van der Waals surface area contributed by atoms with Crippen LogP contribution in [0.25, 0.3) is 0 Å². The Morgan fingerprint density at radius 3 is 2.29 bits per heavy atom. The molecule has 0 saturated heterocycles. The molecule has 4 aliphatic rings. The second-order valence-electron chi connectivity index (χ2n) is 7.84. The SMILES string of the molecule is C[C@@H](OC(=O)c1ccc(Cl)s1)C(=O)NC12CC3CC(CC(C3)C1)C2. The van der Waals surface area contributed by atoms with Crippen molar-refractivity contribution in [1.29, 1.82) is 0 Å². The Morgan fingerprint density at radius 1 is 1.21 bits per heavy atom. The van der Waals surface area contributed by atoms with Gasteiger partial charge < -0.3 is 10.1 Å². The van der Waals surface area contributed by atoms with E-state index >= 15 is 0 Å². The van der Waals surface area contributed by atoms with E-state index in [0.717, 1.165) is 48.4 Å². The molecule has 0 unspecified atom stereocenters. The second-order valence-corrected chi connectivity index (χ2v) is 9.55. The van der Waals surface area contributed by atoms with E-state index < -0.39 is 12.1 Å². The van der Waals surface area contributed by atoms with Crippen molar-refractivity contribution < 1.29 is 14.3 Å². The van der Waals surface area contributed by atoms with Gasteiger partial charge in [0.1, 0.15) is 4.88 Å². The molecule has 1 amide bonds. The predicted octanol–water partition coefficient (Wildman–Crippen LogP) is 4.03. The highest BCUT2D eigenvalue weighted by molar-refractivity contribution is 7.17. The van der Waals surface area contributed by atoms with Gasteiger partial charge in [0.2, 0.25) is 0 Å². The van der Waals surface area contributed by atoms with Crippen molar-refractivity contribution in [2.24, 2.45) is 17.8 Å². The molecule has 4 saturated carbocycles. The molecular formula is C18H22ClNO3S. The van der Waals surface area contributed by atoms with E-state index in [2.05, 4.69) is 5.32 Å². The number of nitrogens with one attached hydrogen (secondary N) is 1. The largest absolute Gasteiger partial charge is 0.448 e. The van der Waals surface area contributed by atoms with Crippen LogP contribution >= 0.6 is 22.9 Å². The van der Waals surface area contributed by atoms with Crippen LogP contribution in [0.5, 0.6) is 0 Å². The summed E-state index contributed by atoms with van der Waals surface area (Å²) >= 11 is 7.00. The van der Waals surface area contributed by atoms with Gasteiger partial charge in [-0.2, -0.15) is 0 Å². The van der Waals surface area contributed by atoms with Gasteiger partial charge in [0, 0.05) is 5.54 Å². The molecular weight excluding hydrogens is 346 g/mol. The Labute approximate surface area is 150 Å². The average molecular weight is 368 g/mol. The summed E-state index contributed by atoms with van der Waals surface area (Å²) in [5.74, 6) is 1.64. The molecule has 1 aromatic heterocycles. The number of rotatable bonds is 4. The number of ether oxygens (including phenoxy) is 1. The smallest absolute Gasteiger partial charge is 0.349 e. The topological polar surface area (TPSA) is 55.4 Å². The first kappa shape index (κ1) is 16.4. The fourth-order valence-electron chi connectivity index (χ4n) is 5.32. The highest BCUT2D eigenvalue weighted by atomic mass is 35.5. The standard InChI is InChI=1S/C18H22ClNO3S/c1-10(23-17(22)14-2-3-15(19)24-14)16(21)20-18-7-11-4-12(8-18)6-13(5-11)9-18/h2-3,10-13H,4-9H2,1H3,(H,20,21)/t10-,11?,12?,13?,18?/m1/s1. The fourth-order valence-corrected chi connectivity index (χ4v) is 6.25. The molecule has 4 bridgehead atoms. The van der Waals surface area contributed by atoms with Crippen LogP contribution in [-0.2, 0) is 9.53 Å². The number of hydrogen-bond donors (Lipinski definition) is 1. The summed E-state index contributed by atoms with van der Waals surface area (Å²) in [5, 5.41) is 3.25. The Bertz CT molecular complexity index is 636. The lowest BCUT2D eigenvalue weighted by atomic mass is 9.53. The summed E-state index contributed by atoms with van der Waals surface area (Å²) in [4.78, 5) is 25.1. The molecule has 1 N–H and O–H groups in total. The molecule has 24 heavy (non-hydrogen) atoms. The van der Waals surface area contributed by atoms with Crippen molar-refractivity contribution >= 4 is 34.8 Å². The van der Waals surface area contributed by atoms with E-state index in [9.17, 15) is 9.59 Å². The van der Waals surface area contributed by atoms with Gasteiger partial charge in [0.15, 0.2) is 6.10 Å². The van der Waals surface area contributed by atoms with Crippen LogP contribution < -0.4 is 5.32 Å². The van der Waals surface area contributed by atoms with Crippen molar-refractivity contribution in [3.63, 3.8) is 0 Å². The van der Waals surface area contributed by atoms with E-state index in [0.29, 0.717) is 9.21 Å². The Balaban J connectivity index is 1.38. The number of carbonyl (C=O) groups excluding carboxylic acids is 2. The Kier molecular flexibility index (Phi) is 4.12. The predicted molar refractivity (Wildman–Crippen MR) is 93.3 cm³/mol. The van der Waals surface area contributed by atoms with E-state index in [1.807, 2.05) is 0 Å². The Morgan fingerprint density at radius 2 is 1.79 bits per heavy atom. The molecule has 5 rings (SSSR count). The minimum absolute atomic E-state index is 0.0568. The third-order valence-corrected chi connectivity index (χ3v) is 7.07. The van der Waals surface area contributed by atoms with Crippen LogP contribution in [0.15, 0.2) is 12.1 Å². The molecule has 0 spiro atoms. The van der Waals surface area contributed by atoms with Gasteiger partial charge in [-0.05, 0) is 75.3 Å². The van der Waals surface area contributed by atoms with Crippen molar-refractivity contribution in [2.45, 2.75) is 57.1 Å². The third-order valence-electron chi connectivity index (χ3n) is 5.85. The van der Waals surface area contributed by atoms with Gasteiger partial charge in [-0.15, -0.1) is 11.3 Å². The minimum Gasteiger partial charge on any atom is -0.448 e. The van der Waals surface area contributed by atoms with E-state index in [-0.39, 0.29) is 11.4 Å². The van der Waals surface area contributed by atoms with E-state index in [1.54, 1.807) is 19.1 Å². The minimum atomic E-state index is -0.786. The second kappa shape index (κ2) is 6.03. The van der Waals surface area contributed by atoms with Gasteiger partial charge >= 0.3 is 5.97 Å². The van der Waals surface area contributed by atoms with Crippen LogP contribution in [-0.4, -0.2) is 23.5 Å². The summed E-state index contributed by atoms with van der Waals surface area (Å²) in [6, 6.07) is 3.28. The van der Waals surface area contributed by atoms with Crippen LogP contribution in [0.3, 0.4) is 0 Å². The molecule has 0 aromatic carbocycles. The third kappa shape index (κ3) is 3.08. The lowest BCUT2D eigenvalue weighted by Gasteiger charge is -2.57. The van der Waals surface area contributed by atoms with Gasteiger partial charge in [0.05, 0.1) is 4.34 Å².